The van der Waals surface area contributed by atoms with Crippen molar-refractivity contribution in [1.29, 1.82) is 0 Å². The highest BCUT2D eigenvalue weighted by atomic mass is 32.2. The molecule has 0 fully saturated rings. The Morgan fingerprint density at radius 2 is 1.80 bits per heavy atom. The molecule has 35 heavy (non-hydrogen) atoms. The van der Waals surface area contributed by atoms with Crippen LogP contribution in [0.1, 0.15) is 31.4 Å². The molecular formula is C25H35N3O6S. The van der Waals surface area contributed by atoms with Gasteiger partial charge in [0, 0.05) is 13.1 Å². The lowest BCUT2D eigenvalue weighted by atomic mass is 10.1. The lowest BCUT2D eigenvalue weighted by molar-refractivity contribution is -0.139. The van der Waals surface area contributed by atoms with Gasteiger partial charge < -0.3 is 19.7 Å². The molecule has 10 heteroatoms. The van der Waals surface area contributed by atoms with Crippen molar-refractivity contribution in [2.75, 3.05) is 37.9 Å². The van der Waals surface area contributed by atoms with Gasteiger partial charge >= 0.3 is 0 Å². The molecule has 1 N–H and O–H groups in total. The van der Waals surface area contributed by atoms with Crippen molar-refractivity contribution < 1.29 is 27.5 Å². The molecule has 192 valence electrons. The topological polar surface area (TPSA) is 105 Å². The summed E-state index contributed by atoms with van der Waals surface area (Å²) in [7, 11) is -0.874. The van der Waals surface area contributed by atoms with Crippen LogP contribution in [0.2, 0.25) is 0 Å². The molecule has 0 aliphatic carbocycles. The van der Waals surface area contributed by atoms with Crippen LogP contribution in [0.25, 0.3) is 0 Å². The summed E-state index contributed by atoms with van der Waals surface area (Å²) in [6, 6.07) is 11.4. The number of carbonyl (C=O) groups is 2. The fraction of sp³-hybridized carbons (Fsp3) is 0.440. The van der Waals surface area contributed by atoms with Gasteiger partial charge in [0.2, 0.25) is 21.8 Å². The quantitative estimate of drug-likeness (QED) is 0.476. The van der Waals surface area contributed by atoms with Gasteiger partial charge in [-0.2, -0.15) is 0 Å². The van der Waals surface area contributed by atoms with Crippen LogP contribution < -0.4 is 19.1 Å². The second kappa shape index (κ2) is 12.4. The highest BCUT2D eigenvalue weighted by molar-refractivity contribution is 7.92. The summed E-state index contributed by atoms with van der Waals surface area (Å²) in [5.74, 6) is 0.0882. The summed E-state index contributed by atoms with van der Waals surface area (Å²) >= 11 is 0. The number of sulfonamides is 1. The Kier molecular flexibility index (Phi) is 9.94. The summed E-state index contributed by atoms with van der Waals surface area (Å²) in [6.45, 7) is 5.46. The minimum Gasteiger partial charge on any atom is -0.497 e. The highest BCUT2D eigenvalue weighted by Gasteiger charge is 2.31. The maximum absolute atomic E-state index is 13.6. The third-order valence-electron chi connectivity index (χ3n) is 5.49. The van der Waals surface area contributed by atoms with Gasteiger partial charge in [0.1, 0.15) is 24.1 Å². The molecular weight excluding hydrogens is 470 g/mol. The van der Waals surface area contributed by atoms with Gasteiger partial charge in [0.25, 0.3) is 0 Å². The minimum absolute atomic E-state index is 0.0965. The number of aryl methyl sites for hydroxylation is 1. The molecule has 2 amide bonds. The summed E-state index contributed by atoms with van der Waals surface area (Å²) in [4.78, 5) is 27.8. The monoisotopic (exact) mass is 505 g/mol. The van der Waals surface area contributed by atoms with Crippen molar-refractivity contribution in [3.63, 3.8) is 0 Å². The fourth-order valence-electron chi connectivity index (χ4n) is 3.54. The second-order valence-corrected chi connectivity index (χ2v) is 10.2. The first-order valence-electron chi connectivity index (χ1n) is 11.3. The molecule has 0 radical (unpaired) electrons. The average molecular weight is 506 g/mol. The van der Waals surface area contributed by atoms with E-state index in [1.807, 2.05) is 19.9 Å². The molecule has 1 atom stereocenters. The smallest absolute Gasteiger partial charge is 0.244 e. The van der Waals surface area contributed by atoms with E-state index in [1.165, 1.54) is 12.0 Å². The molecule has 1 unspecified atom stereocenters. The zero-order chi connectivity index (χ0) is 26.2. The maximum atomic E-state index is 13.6. The number of ether oxygens (including phenoxy) is 2. The molecule has 0 spiro atoms. The predicted molar refractivity (Wildman–Crippen MR) is 136 cm³/mol. The van der Waals surface area contributed by atoms with Gasteiger partial charge in [-0.05, 0) is 55.7 Å². The SMILES string of the molecule is CCCNC(=O)C(C)N(Cc1cccc(OC)c1)C(=O)CN(c1cc(C)ccc1OC)S(C)(=O)=O. The van der Waals surface area contributed by atoms with Gasteiger partial charge in [0.05, 0.1) is 26.2 Å². The lowest BCUT2D eigenvalue weighted by Gasteiger charge is -2.32. The van der Waals surface area contributed by atoms with Crippen LogP contribution in [0.15, 0.2) is 42.5 Å². The molecule has 0 saturated carbocycles. The van der Waals surface area contributed by atoms with E-state index in [4.69, 9.17) is 9.47 Å². The van der Waals surface area contributed by atoms with Gasteiger partial charge in [0.15, 0.2) is 0 Å². The molecule has 2 rings (SSSR count). The lowest BCUT2D eigenvalue weighted by Crippen LogP contribution is -2.51. The van der Waals surface area contributed by atoms with Crippen molar-refractivity contribution in [3.8, 4) is 11.5 Å². The van der Waals surface area contributed by atoms with Crippen molar-refractivity contribution >= 4 is 27.5 Å². The number of methoxy groups -OCH3 is 2. The Bertz CT molecular complexity index is 1140. The number of benzene rings is 2. The molecule has 0 aliphatic rings. The van der Waals surface area contributed by atoms with Crippen LogP contribution in [-0.2, 0) is 26.2 Å². The molecule has 0 saturated heterocycles. The van der Waals surface area contributed by atoms with Crippen molar-refractivity contribution in [2.45, 2.75) is 39.8 Å². The number of nitrogens with zero attached hydrogens (tertiary/aromatic N) is 2. The third kappa shape index (κ3) is 7.61. The number of nitrogens with one attached hydrogen (secondary N) is 1. The first-order chi connectivity index (χ1) is 16.5. The first kappa shape index (κ1) is 28.0. The fourth-order valence-corrected chi connectivity index (χ4v) is 4.38. The van der Waals surface area contributed by atoms with Crippen LogP contribution in [0.3, 0.4) is 0 Å². The van der Waals surface area contributed by atoms with Gasteiger partial charge in [-0.25, -0.2) is 8.42 Å². The van der Waals surface area contributed by atoms with Crippen molar-refractivity contribution in [3.05, 3.63) is 53.6 Å². The Labute approximate surface area is 208 Å². The van der Waals surface area contributed by atoms with E-state index in [9.17, 15) is 18.0 Å². The van der Waals surface area contributed by atoms with E-state index in [0.29, 0.717) is 18.0 Å². The summed E-state index contributed by atoms with van der Waals surface area (Å²) < 4.78 is 37.2. The summed E-state index contributed by atoms with van der Waals surface area (Å²) in [5, 5.41) is 2.81. The number of anilines is 1. The molecule has 0 bridgehead atoms. The zero-order valence-electron chi connectivity index (χ0n) is 21.2. The van der Waals surface area contributed by atoms with E-state index >= 15 is 0 Å². The predicted octanol–water partition coefficient (Wildman–Crippen LogP) is 2.72. The van der Waals surface area contributed by atoms with E-state index < -0.39 is 28.5 Å². The molecule has 2 aromatic carbocycles. The molecule has 2 aromatic rings. The van der Waals surface area contributed by atoms with Crippen LogP contribution in [0.4, 0.5) is 5.69 Å². The number of rotatable bonds is 12. The van der Waals surface area contributed by atoms with Gasteiger partial charge in [-0.1, -0.05) is 25.1 Å². The van der Waals surface area contributed by atoms with Gasteiger partial charge in [-0.15, -0.1) is 0 Å². The van der Waals surface area contributed by atoms with Crippen LogP contribution >= 0.6 is 0 Å². The first-order valence-corrected chi connectivity index (χ1v) is 13.2. The Morgan fingerprint density at radius 1 is 1.09 bits per heavy atom. The van der Waals surface area contributed by atoms with Crippen LogP contribution in [0, 0.1) is 6.92 Å². The average Bonchev–Trinajstić information content (AvgIpc) is 2.83. The highest BCUT2D eigenvalue weighted by Crippen LogP contribution is 2.31. The normalized spacial score (nSPS) is 11.9. The molecule has 0 aromatic heterocycles. The number of hydrogen-bond donors (Lipinski definition) is 1. The summed E-state index contributed by atoms with van der Waals surface area (Å²) in [6.07, 6.45) is 1.78. The Morgan fingerprint density at radius 3 is 2.40 bits per heavy atom. The van der Waals surface area contributed by atoms with E-state index in [2.05, 4.69) is 5.32 Å². The Hall–Kier alpha value is -3.27. The van der Waals surface area contributed by atoms with E-state index in [0.717, 1.165) is 28.1 Å². The molecule has 0 aliphatic heterocycles. The van der Waals surface area contributed by atoms with E-state index in [-0.39, 0.29) is 18.1 Å². The number of hydrogen-bond acceptors (Lipinski definition) is 6. The Balaban J connectivity index is 2.46. The number of amides is 2. The van der Waals surface area contributed by atoms with Crippen LogP contribution in [-0.4, -0.2) is 64.7 Å². The van der Waals surface area contributed by atoms with Crippen molar-refractivity contribution in [2.24, 2.45) is 0 Å². The number of carbonyl (C=O) groups excluding carboxylic acids is 2. The second-order valence-electron chi connectivity index (χ2n) is 8.29. The maximum Gasteiger partial charge on any atom is 0.244 e. The van der Waals surface area contributed by atoms with E-state index in [1.54, 1.807) is 50.4 Å². The summed E-state index contributed by atoms with van der Waals surface area (Å²) in [5.41, 5.74) is 1.81. The largest absolute Gasteiger partial charge is 0.497 e. The minimum atomic E-state index is -3.85. The van der Waals surface area contributed by atoms with Gasteiger partial charge in [-0.3, -0.25) is 13.9 Å². The van der Waals surface area contributed by atoms with Crippen LogP contribution in [0.5, 0.6) is 11.5 Å². The van der Waals surface area contributed by atoms with Crippen molar-refractivity contribution in [1.82, 2.24) is 10.2 Å². The third-order valence-corrected chi connectivity index (χ3v) is 6.61. The standard InChI is InChI=1S/C25H35N3O6S/c1-7-13-26-25(30)19(3)27(16-20-9-8-10-21(15-20)33-4)24(29)17-28(35(6,31)32)22-14-18(2)11-12-23(22)34-5/h8-12,14-15,19H,7,13,16-17H2,1-6H3,(H,26,30). The molecule has 9 nitrogen and oxygen atoms in total. The molecule has 0 heterocycles. The zero-order valence-corrected chi connectivity index (χ0v) is 22.0.